The van der Waals surface area contributed by atoms with Crippen molar-refractivity contribution in [2.45, 2.75) is 25.7 Å². The van der Waals surface area contributed by atoms with Gasteiger partial charge in [-0.1, -0.05) is 30.3 Å². The third-order valence-corrected chi connectivity index (χ3v) is 7.48. The second-order valence-electron chi connectivity index (χ2n) is 10.7. The number of benzene rings is 4. The van der Waals surface area contributed by atoms with Gasteiger partial charge in [0, 0.05) is 13.1 Å². The molecule has 0 aliphatic heterocycles. The van der Waals surface area contributed by atoms with E-state index in [0.29, 0.717) is 66.2 Å². The van der Waals surface area contributed by atoms with Gasteiger partial charge in [0.05, 0.1) is 48.4 Å². The summed E-state index contributed by atoms with van der Waals surface area (Å²) in [5.74, 6) is 4.12. The number of amides is 2. The predicted molar refractivity (Wildman–Crippen MR) is 179 cm³/mol. The first-order chi connectivity index (χ1) is 22.8. The molecule has 4 aromatic rings. The summed E-state index contributed by atoms with van der Waals surface area (Å²) in [7, 11) is 7.95. The summed E-state index contributed by atoms with van der Waals surface area (Å²) in [6.07, 6.45) is 1.78. The summed E-state index contributed by atoms with van der Waals surface area (Å²) in [6.45, 7) is 0.996. The SMILES string of the molecule is COc1ccc(CCNC(=O)Cc2ccc(Oc3ccc(CC(=O)NCCc4ccc(OC)c(OC)c4)cc3OC)cc2)cc1OC. The van der Waals surface area contributed by atoms with Crippen LogP contribution >= 0.6 is 0 Å². The molecule has 0 radical (unpaired) electrons. The number of hydrogen-bond acceptors (Lipinski definition) is 8. The first-order valence-electron chi connectivity index (χ1n) is 15.2. The molecule has 2 N–H and O–H groups in total. The fraction of sp³-hybridized carbons (Fsp3) is 0.297. The fourth-order valence-corrected chi connectivity index (χ4v) is 4.97. The average Bonchev–Trinajstić information content (AvgIpc) is 3.09. The minimum atomic E-state index is -0.0956. The van der Waals surface area contributed by atoms with Crippen molar-refractivity contribution in [3.63, 3.8) is 0 Å². The van der Waals surface area contributed by atoms with Crippen LogP contribution in [-0.2, 0) is 35.3 Å². The van der Waals surface area contributed by atoms with Crippen LogP contribution in [0.1, 0.15) is 22.3 Å². The number of hydrogen-bond donors (Lipinski definition) is 2. The summed E-state index contributed by atoms with van der Waals surface area (Å²) >= 11 is 0. The first kappa shape index (κ1) is 34.5. The van der Waals surface area contributed by atoms with E-state index < -0.39 is 0 Å². The molecule has 4 rings (SSSR count). The lowest BCUT2D eigenvalue weighted by Gasteiger charge is -2.13. The number of carbonyl (C=O) groups excluding carboxylic acids is 2. The van der Waals surface area contributed by atoms with Crippen molar-refractivity contribution in [3.05, 3.63) is 101 Å². The molecule has 0 fully saturated rings. The molecule has 0 aromatic heterocycles. The minimum absolute atomic E-state index is 0.0681. The molecule has 0 unspecified atom stereocenters. The van der Waals surface area contributed by atoms with Crippen LogP contribution in [0.4, 0.5) is 0 Å². The van der Waals surface area contributed by atoms with Crippen molar-refractivity contribution >= 4 is 11.8 Å². The summed E-state index contributed by atoms with van der Waals surface area (Å²) in [6, 6.07) is 24.2. The maximum absolute atomic E-state index is 12.6. The summed E-state index contributed by atoms with van der Waals surface area (Å²) in [5, 5.41) is 5.93. The zero-order valence-electron chi connectivity index (χ0n) is 27.5. The smallest absolute Gasteiger partial charge is 0.224 e. The highest BCUT2D eigenvalue weighted by molar-refractivity contribution is 5.79. The Morgan fingerprint density at radius 3 is 1.34 bits per heavy atom. The van der Waals surface area contributed by atoms with Crippen LogP contribution in [0, 0.1) is 0 Å². The third kappa shape index (κ3) is 10.1. The van der Waals surface area contributed by atoms with E-state index in [0.717, 1.165) is 22.3 Å². The number of nitrogens with one attached hydrogen (secondary N) is 2. The van der Waals surface area contributed by atoms with Gasteiger partial charge >= 0.3 is 0 Å². The second kappa shape index (κ2) is 17.4. The van der Waals surface area contributed by atoms with Crippen LogP contribution in [0.15, 0.2) is 78.9 Å². The second-order valence-corrected chi connectivity index (χ2v) is 10.7. The largest absolute Gasteiger partial charge is 0.493 e. The van der Waals surface area contributed by atoms with Crippen molar-refractivity contribution in [2.75, 3.05) is 48.6 Å². The van der Waals surface area contributed by atoms with Crippen molar-refractivity contribution in [1.82, 2.24) is 10.6 Å². The maximum atomic E-state index is 12.6. The quantitative estimate of drug-likeness (QED) is 0.159. The molecule has 10 heteroatoms. The average molecular weight is 643 g/mol. The van der Waals surface area contributed by atoms with E-state index in [9.17, 15) is 9.59 Å². The number of ether oxygens (including phenoxy) is 6. The van der Waals surface area contributed by atoms with E-state index in [4.69, 9.17) is 28.4 Å². The maximum Gasteiger partial charge on any atom is 0.224 e. The van der Waals surface area contributed by atoms with Gasteiger partial charge in [0.1, 0.15) is 5.75 Å². The minimum Gasteiger partial charge on any atom is -0.493 e. The molecule has 0 aliphatic rings. The van der Waals surface area contributed by atoms with E-state index in [1.165, 1.54) is 0 Å². The Bertz CT molecular complexity index is 1640. The van der Waals surface area contributed by atoms with Gasteiger partial charge in [-0.2, -0.15) is 0 Å². The lowest BCUT2D eigenvalue weighted by molar-refractivity contribution is -0.121. The van der Waals surface area contributed by atoms with Crippen LogP contribution in [0.5, 0.6) is 40.2 Å². The highest BCUT2D eigenvalue weighted by Gasteiger charge is 2.12. The Labute approximate surface area is 275 Å². The monoisotopic (exact) mass is 642 g/mol. The Hall–Kier alpha value is -5.38. The van der Waals surface area contributed by atoms with E-state index in [-0.39, 0.29) is 24.7 Å². The van der Waals surface area contributed by atoms with Crippen LogP contribution in [0.2, 0.25) is 0 Å². The van der Waals surface area contributed by atoms with Gasteiger partial charge in [-0.05, 0) is 83.6 Å². The number of methoxy groups -OCH3 is 5. The number of carbonyl (C=O) groups is 2. The van der Waals surface area contributed by atoms with Crippen molar-refractivity contribution in [3.8, 4) is 40.2 Å². The standard InChI is InChI=1S/C37H42N2O8/c1-42-30-13-8-26(20-33(30)44-3)16-18-38-36(40)23-25-6-11-29(12-7-25)47-32-15-10-28(22-35(32)46-5)24-37(41)39-19-17-27-9-14-31(43-2)34(21-27)45-4/h6-15,20-22H,16-19,23-24H2,1-5H3,(H,38,40)(H,39,41). The fourth-order valence-electron chi connectivity index (χ4n) is 4.97. The van der Waals surface area contributed by atoms with E-state index in [1.807, 2.05) is 66.7 Å². The van der Waals surface area contributed by atoms with Gasteiger partial charge in [0.2, 0.25) is 11.8 Å². The molecule has 248 valence electrons. The highest BCUT2D eigenvalue weighted by atomic mass is 16.5. The van der Waals surface area contributed by atoms with Gasteiger partial charge in [0.15, 0.2) is 34.5 Å². The molecular weight excluding hydrogens is 600 g/mol. The Kier molecular flexibility index (Phi) is 12.7. The van der Waals surface area contributed by atoms with E-state index in [2.05, 4.69) is 10.6 Å². The molecule has 0 aliphatic carbocycles. The van der Waals surface area contributed by atoms with Crippen LogP contribution in [0.3, 0.4) is 0 Å². The number of rotatable bonds is 17. The summed E-state index contributed by atoms with van der Waals surface area (Å²) < 4.78 is 32.8. The predicted octanol–water partition coefficient (Wildman–Crippen LogP) is 5.32. The van der Waals surface area contributed by atoms with Crippen molar-refractivity contribution in [2.24, 2.45) is 0 Å². The van der Waals surface area contributed by atoms with Crippen molar-refractivity contribution in [1.29, 1.82) is 0 Å². The van der Waals surface area contributed by atoms with Crippen molar-refractivity contribution < 1.29 is 38.0 Å². The molecule has 0 bridgehead atoms. The lowest BCUT2D eigenvalue weighted by Crippen LogP contribution is -2.27. The molecule has 0 saturated carbocycles. The van der Waals surface area contributed by atoms with E-state index in [1.54, 1.807) is 47.7 Å². The Morgan fingerprint density at radius 1 is 0.468 bits per heavy atom. The van der Waals surface area contributed by atoms with Crippen LogP contribution in [-0.4, -0.2) is 60.5 Å². The summed E-state index contributed by atoms with van der Waals surface area (Å²) in [4.78, 5) is 25.1. The van der Waals surface area contributed by atoms with Gasteiger partial charge < -0.3 is 39.1 Å². The third-order valence-electron chi connectivity index (χ3n) is 7.48. The highest BCUT2D eigenvalue weighted by Crippen LogP contribution is 2.33. The Balaban J connectivity index is 1.23. The van der Waals surface area contributed by atoms with Gasteiger partial charge in [-0.15, -0.1) is 0 Å². The molecule has 2 amide bonds. The first-order valence-corrected chi connectivity index (χ1v) is 15.2. The Morgan fingerprint density at radius 2 is 0.851 bits per heavy atom. The molecule has 0 heterocycles. The van der Waals surface area contributed by atoms with Crippen LogP contribution in [0.25, 0.3) is 0 Å². The van der Waals surface area contributed by atoms with Crippen LogP contribution < -0.4 is 39.1 Å². The topological polar surface area (TPSA) is 114 Å². The normalized spacial score (nSPS) is 10.5. The molecule has 0 atom stereocenters. The van der Waals surface area contributed by atoms with Gasteiger partial charge in [0.25, 0.3) is 0 Å². The zero-order valence-corrected chi connectivity index (χ0v) is 27.5. The zero-order chi connectivity index (χ0) is 33.6. The van der Waals surface area contributed by atoms with Gasteiger partial charge in [-0.3, -0.25) is 9.59 Å². The van der Waals surface area contributed by atoms with E-state index >= 15 is 0 Å². The molecule has 4 aromatic carbocycles. The van der Waals surface area contributed by atoms with Gasteiger partial charge in [-0.25, -0.2) is 0 Å². The molecule has 0 saturated heterocycles. The lowest BCUT2D eigenvalue weighted by atomic mass is 10.1. The molecule has 10 nitrogen and oxygen atoms in total. The summed E-state index contributed by atoms with van der Waals surface area (Å²) in [5.41, 5.74) is 3.73. The molecule has 47 heavy (non-hydrogen) atoms. The molecule has 0 spiro atoms. The molecular formula is C37H42N2O8.